The lowest BCUT2D eigenvalue weighted by Crippen LogP contribution is -2.12. The molecule has 6 nitrogen and oxygen atoms in total. The Bertz CT molecular complexity index is 1120. The normalized spacial score (nSPS) is 11.0. The molecule has 3 heterocycles. The molecular formula is C20H19N5O. The van der Waals surface area contributed by atoms with Crippen LogP contribution in [0.3, 0.4) is 0 Å². The molecule has 0 radical (unpaired) electrons. The zero-order chi connectivity index (χ0) is 18.3. The Balaban J connectivity index is 1.61. The monoisotopic (exact) mass is 345 g/mol. The van der Waals surface area contributed by atoms with Gasteiger partial charge >= 0.3 is 0 Å². The van der Waals surface area contributed by atoms with Gasteiger partial charge in [0.25, 0.3) is 5.91 Å². The molecule has 0 aliphatic heterocycles. The molecule has 6 heteroatoms. The number of amides is 1. The predicted octanol–water partition coefficient (Wildman–Crippen LogP) is 3.70. The third-order valence-electron chi connectivity index (χ3n) is 4.21. The van der Waals surface area contributed by atoms with E-state index in [0.717, 1.165) is 28.3 Å². The number of aromatic nitrogens is 4. The van der Waals surface area contributed by atoms with E-state index in [1.165, 1.54) is 0 Å². The molecule has 4 rings (SSSR count). The molecule has 130 valence electrons. The number of hydrogen-bond donors (Lipinski definition) is 1. The Morgan fingerprint density at radius 3 is 2.69 bits per heavy atom. The number of benzene rings is 1. The Labute approximate surface area is 151 Å². The summed E-state index contributed by atoms with van der Waals surface area (Å²) in [5.41, 5.74) is 5.84. The first-order valence-electron chi connectivity index (χ1n) is 8.40. The largest absolute Gasteiger partial charge is 0.321 e. The van der Waals surface area contributed by atoms with Crippen molar-refractivity contribution in [2.75, 3.05) is 5.32 Å². The first-order valence-corrected chi connectivity index (χ1v) is 8.40. The Morgan fingerprint density at radius 1 is 1.08 bits per heavy atom. The lowest BCUT2D eigenvalue weighted by Gasteiger charge is -2.08. The maximum Gasteiger partial charge on any atom is 0.275 e. The van der Waals surface area contributed by atoms with Gasteiger partial charge in [0.1, 0.15) is 11.3 Å². The molecule has 0 aliphatic rings. The minimum atomic E-state index is -0.239. The summed E-state index contributed by atoms with van der Waals surface area (Å²) in [6.45, 7) is 5.96. The number of hydrogen-bond acceptors (Lipinski definition) is 3. The minimum absolute atomic E-state index is 0.239. The van der Waals surface area contributed by atoms with Crippen LogP contribution in [0.1, 0.15) is 27.4 Å². The number of nitrogens with one attached hydrogen (secondary N) is 1. The number of pyridine rings is 1. The Morgan fingerprint density at radius 2 is 1.92 bits per heavy atom. The molecule has 0 fully saturated rings. The van der Waals surface area contributed by atoms with Gasteiger partial charge in [0.05, 0.1) is 11.4 Å². The van der Waals surface area contributed by atoms with Gasteiger partial charge < -0.3 is 9.72 Å². The van der Waals surface area contributed by atoms with Gasteiger partial charge in [-0.3, -0.25) is 4.79 Å². The maximum atomic E-state index is 12.6. The van der Waals surface area contributed by atoms with Crippen LogP contribution in [0.5, 0.6) is 0 Å². The molecule has 1 N–H and O–H groups in total. The number of aryl methyl sites for hydroxylation is 3. The molecule has 26 heavy (non-hydrogen) atoms. The number of imidazole rings is 1. The van der Waals surface area contributed by atoms with Crippen LogP contribution in [0.2, 0.25) is 0 Å². The lowest BCUT2D eigenvalue weighted by atomic mass is 10.2. The Hall–Kier alpha value is -3.41. The summed E-state index contributed by atoms with van der Waals surface area (Å²) in [5.74, 6) is -0.239. The van der Waals surface area contributed by atoms with Crippen LogP contribution in [0, 0.1) is 20.8 Å². The average molecular weight is 345 g/mol. The molecule has 1 amide bonds. The number of carbonyl (C=O) groups excluding carboxylic acids is 1. The van der Waals surface area contributed by atoms with E-state index in [1.54, 1.807) is 6.20 Å². The predicted molar refractivity (Wildman–Crippen MR) is 101 cm³/mol. The topological polar surface area (TPSA) is 64.2 Å². The van der Waals surface area contributed by atoms with Crippen molar-refractivity contribution in [3.8, 4) is 5.69 Å². The third-order valence-corrected chi connectivity index (χ3v) is 4.21. The quantitative estimate of drug-likeness (QED) is 0.616. The molecule has 0 saturated heterocycles. The van der Waals surface area contributed by atoms with E-state index in [0.29, 0.717) is 11.4 Å². The SMILES string of the molecule is Cc1ccn2cc(C(=O)Nc3cccc(-n4nc(C)cc4C)c3)nc2c1. The van der Waals surface area contributed by atoms with E-state index < -0.39 is 0 Å². The van der Waals surface area contributed by atoms with E-state index in [-0.39, 0.29) is 5.91 Å². The second kappa shape index (κ2) is 6.15. The van der Waals surface area contributed by atoms with Crippen molar-refractivity contribution >= 4 is 17.2 Å². The lowest BCUT2D eigenvalue weighted by molar-refractivity contribution is 0.102. The highest BCUT2D eigenvalue weighted by molar-refractivity contribution is 6.03. The fraction of sp³-hybridized carbons (Fsp3) is 0.150. The van der Waals surface area contributed by atoms with Crippen LogP contribution in [0.25, 0.3) is 11.3 Å². The van der Waals surface area contributed by atoms with Crippen molar-refractivity contribution in [3.63, 3.8) is 0 Å². The number of rotatable bonds is 3. The standard InChI is InChI=1S/C20H19N5O/c1-13-7-8-24-12-18(22-19(24)9-13)20(26)21-16-5-4-6-17(11-16)25-15(3)10-14(2)23-25/h4-12H,1-3H3,(H,21,26). The van der Waals surface area contributed by atoms with Crippen LogP contribution >= 0.6 is 0 Å². The summed E-state index contributed by atoms with van der Waals surface area (Å²) in [6.07, 6.45) is 3.63. The van der Waals surface area contributed by atoms with Crippen molar-refractivity contribution in [1.82, 2.24) is 19.2 Å². The zero-order valence-electron chi connectivity index (χ0n) is 14.9. The summed E-state index contributed by atoms with van der Waals surface area (Å²) in [7, 11) is 0. The first-order chi connectivity index (χ1) is 12.5. The fourth-order valence-electron chi connectivity index (χ4n) is 2.99. The fourth-order valence-corrected chi connectivity index (χ4v) is 2.99. The zero-order valence-corrected chi connectivity index (χ0v) is 14.9. The van der Waals surface area contributed by atoms with Crippen LogP contribution in [-0.4, -0.2) is 25.1 Å². The summed E-state index contributed by atoms with van der Waals surface area (Å²) in [6, 6.07) is 13.6. The molecule has 0 bridgehead atoms. The molecule has 1 aromatic carbocycles. The van der Waals surface area contributed by atoms with Crippen LogP contribution in [0.15, 0.2) is 54.9 Å². The van der Waals surface area contributed by atoms with Gasteiger partial charge in [0.2, 0.25) is 0 Å². The van der Waals surface area contributed by atoms with Crippen molar-refractivity contribution < 1.29 is 4.79 Å². The van der Waals surface area contributed by atoms with Gasteiger partial charge in [-0.2, -0.15) is 5.10 Å². The molecular weight excluding hydrogens is 326 g/mol. The second-order valence-corrected chi connectivity index (χ2v) is 6.44. The molecule has 3 aromatic heterocycles. The highest BCUT2D eigenvalue weighted by Crippen LogP contribution is 2.18. The Kier molecular flexibility index (Phi) is 3.80. The summed E-state index contributed by atoms with van der Waals surface area (Å²) >= 11 is 0. The van der Waals surface area contributed by atoms with Crippen molar-refractivity contribution in [2.24, 2.45) is 0 Å². The van der Waals surface area contributed by atoms with Gasteiger partial charge in [0, 0.05) is 23.8 Å². The van der Waals surface area contributed by atoms with Gasteiger partial charge in [0.15, 0.2) is 0 Å². The molecule has 0 aliphatic carbocycles. The van der Waals surface area contributed by atoms with Gasteiger partial charge in [-0.15, -0.1) is 0 Å². The number of carbonyl (C=O) groups is 1. The van der Waals surface area contributed by atoms with Gasteiger partial charge in [-0.1, -0.05) is 6.07 Å². The van der Waals surface area contributed by atoms with Crippen molar-refractivity contribution in [3.05, 3.63) is 77.5 Å². The van der Waals surface area contributed by atoms with E-state index in [1.807, 2.05) is 78.5 Å². The maximum absolute atomic E-state index is 12.6. The molecule has 0 atom stereocenters. The van der Waals surface area contributed by atoms with E-state index in [9.17, 15) is 4.79 Å². The minimum Gasteiger partial charge on any atom is -0.321 e. The smallest absolute Gasteiger partial charge is 0.275 e. The second-order valence-electron chi connectivity index (χ2n) is 6.44. The van der Waals surface area contributed by atoms with E-state index in [2.05, 4.69) is 15.4 Å². The molecule has 4 aromatic rings. The molecule has 0 saturated carbocycles. The van der Waals surface area contributed by atoms with Crippen LogP contribution in [-0.2, 0) is 0 Å². The number of anilines is 1. The summed E-state index contributed by atoms with van der Waals surface area (Å²) in [5, 5.41) is 7.40. The van der Waals surface area contributed by atoms with E-state index in [4.69, 9.17) is 0 Å². The van der Waals surface area contributed by atoms with Gasteiger partial charge in [-0.25, -0.2) is 9.67 Å². The third kappa shape index (κ3) is 2.97. The van der Waals surface area contributed by atoms with E-state index >= 15 is 0 Å². The molecule has 0 spiro atoms. The number of fused-ring (bicyclic) bond motifs is 1. The summed E-state index contributed by atoms with van der Waals surface area (Å²) < 4.78 is 3.70. The highest BCUT2D eigenvalue weighted by atomic mass is 16.1. The van der Waals surface area contributed by atoms with Crippen molar-refractivity contribution in [1.29, 1.82) is 0 Å². The first kappa shape index (κ1) is 16.1. The number of nitrogens with zero attached hydrogens (tertiary/aromatic N) is 4. The van der Waals surface area contributed by atoms with Crippen molar-refractivity contribution in [2.45, 2.75) is 20.8 Å². The summed E-state index contributed by atoms with van der Waals surface area (Å²) in [4.78, 5) is 17.0. The van der Waals surface area contributed by atoms with Crippen LogP contribution < -0.4 is 5.32 Å². The average Bonchev–Trinajstić information content (AvgIpc) is 3.17. The van der Waals surface area contributed by atoms with Gasteiger partial charge in [-0.05, 0) is 62.7 Å². The molecule has 0 unspecified atom stereocenters. The highest BCUT2D eigenvalue weighted by Gasteiger charge is 2.12. The van der Waals surface area contributed by atoms with Crippen LogP contribution in [0.4, 0.5) is 5.69 Å².